The number of imide groups is 1. The van der Waals surface area contributed by atoms with Crippen LogP contribution in [0.4, 0.5) is 10.5 Å². The average molecular weight is 348 g/mol. The number of carbonyl (C=O) groups is 3. The Bertz CT molecular complexity index is 618. The summed E-state index contributed by atoms with van der Waals surface area (Å²) in [7, 11) is 1.58. The van der Waals surface area contributed by atoms with Gasteiger partial charge in [0, 0.05) is 12.2 Å². The van der Waals surface area contributed by atoms with Gasteiger partial charge in [0.25, 0.3) is 0 Å². The van der Waals surface area contributed by atoms with Crippen molar-refractivity contribution in [2.24, 2.45) is 0 Å². The summed E-state index contributed by atoms with van der Waals surface area (Å²) in [6, 6.07) is 6.15. The van der Waals surface area contributed by atoms with Gasteiger partial charge in [-0.2, -0.15) is 0 Å². The SMILES string of the molecule is CCNC(=O)NC(=O)CN1CCCC1C(=O)Nc1ccc(OC)cc1. The maximum absolute atomic E-state index is 12.5. The van der Waals surface area contributed by atoms with Gasteiger partial charge < -0.3 is 15.4 Å². The molecule has 1 aliphatic rings. The van der Waals surface area contributed by atoms with Crippen molar-refractivity contribution in [3.8, 4) is 5.75 Å². The minimum Gasteiger partial charge on any atom is -0.497 e. The van der Waals surface area contributed by atoms with Crippen molar-refractivity contribution in [1.82, 2.24) is 15.5 Å². The summed E-state index contributed by atoms with van der Waals surface area (Å²) in [6.45, 7) is 2.86. The first kappa shape index (κ1) is 18.7. The molecule has 0 bridgehead atoms. The number of nitrogens with zero attached hydrogens (tertiary/aromatic N) is 1. The van der Waals surface area contributed by atoms with Crippen molar-refractivity contribution in [1.29, 1.82) is 0 Å². The second kappa shape index (κ2) is 9.03. The van der Waals surface area contributed by atoms with E-state index in [9.17, 15) is 14.4 Å². The van der Waals surface area contributed by atoms with E-state index in [0.717, 1.165) is 6.42 Å². The molecule has 1 aliphatic heterocycles. The van der Waals surface area contributed by atoms with Crippen LogP contribution >= 0.6 is 0 Å². The lowest BCUT2D eigenvalue weighted by Gasteiger charge is -2.23. The fourth-order valence-electron chi connectivity index (χ4n) is 2.77. The van der Waals surface area contributed by atoms with Gasteiger partial charge in [-0.05, 0) is 50.6 Å². The summed E-state index contributed by atoms with van der Waals surface area (Å²) in [5, 5.41) is 7.60. The Morgan fingerprint density at radius 1 is 1.24 bits per heavy atom. The van der Waals surface area contributed by atoms with Crippen molar-refractivity contribution in [2.75, 3.05) is 32.1 Å². The highest BCUT2D eigenvalue weighted by Crippen LogP contribution is 2.20. The number of likely N-dealkylation sites (tertiary alicyclic amines) is 1. The molecule has 0 aromatic heterocycles. The van der Waals surface area contributed by atoms with Gasteiger partial charge in [-0.25, -0.2) is 4.79 Å². The van der Waals surface area contributed by atoms with Crippen LogP contribution in [0.3, 0.4) is 0 Å². The van der Waals surface area contributed by atoms with Crippen LogP contribution in [0.2, 0.25) is 0 Å². The molecule has 4 amide bonds. The highest BCUT2D eigenvalue weighted by atomic mass is 16.5. The van der Waals surface area contributed by atoms with Crippen LogP contribution < -0.4 is 20.7 Å². The van der Waals surface area contributed by atoms with E-state index in [1.54, 1.807) is 43.2 Å². The van der Waals surface area contributed by atoms with Crippen LogP contribution in [0.15, 0.2) is 24.3 Å². The Balaban J connectivity index is 1.89. The molecule has 8 nitrogen and oxygen atoms in total. The molecule has 1 saturated heterocycles. The molecule has 1 heterocycles. The summed E-state index contributed by atoms with van der Waals surface area (Å²) < 4.78 is 5.09. The first-order valence-electron chi connectivity index (χ1n) is 8.30. The molecule has 8 heteroatoms. The predicted molar refractivity (Wildman–Crippen MR) is 93.4 cm³/mol. The van der Waals surface area contributed by atoms with Gasteiger partial charge in [-0.15, -0.1) is 0 Å². The molecule has 1 fully saturated rings. The zero-order chi connectivity index (χ0) is 18.2. The van der Waals surface area contributed by atoms with E-state index < -0.39 is 11.9 Å². The van der Waals surface area contributed by atoms with Crippen LogP contribution in [0.25, 0.3) is 0 Å². The number of anilines is 1. The molecular formula is C17H24N4O4. The van der Waals surface area contributed by atoms with Gasteiger partial charge in [0.2, 0.25) is 11.8 Å². The summed E-state index contributed by atoms with van der Waals surface area (Å²) in [6.07, 6.45) is 1.51. The summed E-state index contributed by atoms with van der Waals surface area (Å²) in [4.78, 5) is 37.6. The summed E-state index contributed by atoms with van der Waals surface area (Å²) in [5.41, 5.74) is 0.671. The van der Waals surface area contributed by atoms with E-state index in [1.165, 1.54) is 0 Å². The van der Waals surface area contributed by atoms with Crippen molar-refractivity contribution in [3.05, 3.63) is 24.3 Å². The molecule has 25 heavy (non-hydrogen) atoms. The number of methoxy groups -OCH3 is 1. The minimum absolute atomic E-state index is 0.0117. The minimum atomic E-state index is -0.522. The Kier molecular flexibility index (Phi) is 6.76. The lowest BCUT2D eigenvalue weighted by atomic mass is 10.2. The second-order valence-electron chi connectivity index (χ2n) is 5.75. The predicted octanol–water partition coefficient (Wildman–Crippen LogP) is 0.944. The zero-order valence-electron chi connectivity index (χ0n) is 14.5. The fraction of sp³-hybridized carbons (Fsp3) is 0.471. The first-order valence-corrected chi connectivity index (χ1v) is 8.30. The molecule has 3 N–H and O–H groups in total. The van der Waals surface area contributed by atoms with Crippen molar-refractivity contribution in [3.63, 3.8) is 0 Å². The lowest BCUT2D eigenvalue weighted by molar-refractivity contribution is -0.124. The van der Waals surface area contributed by atoms with Gasteiger partial charge >= 0.3 is 6.03 Å². The first-order chi connectivity index (χ1) is 12.0. The molecule has 136 valence electrons. The lowest BCUT2D eigenvalue weighted by Crippen LogP contribution is -2.48. The molecule has 1 unspecified atom stereocenters. The monoisotopic (exact) mass is 348 g/mol. The number of hydrogen-bond donors (Lipinski definition) is 3. The second-order valence-corrected chi connectivity index (χ2v) is 5.75. The number of benzene rings is 1. The van der Waals surface area contributed by atoms with Crippen LogP contribution in [-0.2, 0) is 9.59 Å². The maximum atomic E-state index is 12.5. The number of urea groups is 1. The van der Waals surface area contributed by atoms with E-state index in [4.69, 9.17) is 4.74 Å². The summed E-state index contributed by atoms with van der Waals surface area (Å²) >= 11 is 0. The topological polar surface area (TPSA) is 99.8 Å². The van der Waals surface area contributed by atoms with E-state index in [1.807, 2.05) is 0 Å². The maximum Gasteiger partial charge on any atom is 0.321 e. The van der Waals surface area contributed by atoms with Gasteiger partial charge in [0.15, 0.2) is 0 Å². The Labute approximate surface area is 146 Å². The molecule has 1 aromatic carbocycles. The van der Waals surface area contributed by atoms with Crippen molar-refractivity contribution < 1.29 is 19.1 Å². The van der Waals surface area contributed by atoms with Crippen LogP contribution in [0, 0.1) is 0 Å². The number of carbonyl (C=O) groups excluding carboxylic acids is 3. The number of nitrogens with one attached hydrogen (secondary N) is 3. The third kappa shape index (κ3) is 5.46. The van der Waals surface area contributed by atoms with E-state index in [0.29, 0.717) is 30.9 Å². The largest absolute Gasteiger partial charge is 0.497 e. The molecule has 0 spiro atoms. The quantitative estimate of drug-likeness (QED) is 0.711. The van der Waals surface area contributed by atoms with Gasteiger partial charge in [0.05, 0.1) is 19.7 Å². The third-order valence-electron chi connectivity index (χ3n) is 3.96. The van der Waals surface area contributed by atoms with Crippen molar-refractivity contribution in [2.45, 2.75) is 25.8 Å². The molecule has 0 aliphatic carbocycles. The van der Waals surface area contributed by atoms with Crippen LogP contribution in [0.5, 0.6) is 5.75 Å². The smallest absolute Gasteiger partial charge is 0.321 e. The van der Waals surface area contributed by atoms with Crippen LogP contribution in [0.1, 0.15) is 19.8 Å². The Hall–Kier alpha value is -2.61. The highest BCUT2D eigenvalue weighted by molar-refractivity contribution is 5.97. The van der Waals surface area contributed by atoms with Gasteiger partial charge in [-0.3, -0.25) is 19.8 Å². The average Bonchev–Trinajstić information content (AvgIpc) is 3.03. The van der Waals surface area contributed by atoms with E-state index in [-0.39, 0.29) is 18.5 Å². The molecule has 1 aromatic rings. The molecule has 0 saturated carbocycles. The zero-order valence-corrected chi connectivity index (χ0v) is 14.5. The third-order valence-corrected chi connectivity index (χ3v) is 3.96. The number of amides is 4. The number of ether oxygens (including phenoxy) is 1. The fourth-order valence-corrected chi connectivity index (χ4v) is 2.77. The van der Waals surface area contributed by atoms with Gasteiger partial charge in [-0.1, -0.05) is 0 Å². The molecule has 0 radical (unpaired) electrons. The van der Waals surface area contributed by atoms with E-state index >= 15 is 0 Å². The Morgan fingerprint density at radius 2 is 1.96 bits per heavy atom. The molecular weight excluding hydrogens is 324 g/mol. The standard InChI is InChI=1S/C17H24N4O4/c1-3-18-17(24)20-15(22)11-21-10-4-5-14(21)16(23)19-12-6-8-13(25-2)9-7-12/h6-9,14H,3-5,10-11H2,1-2H3,(H,19,23)(H2,18,20,22,24). The highest BCUT2D eigenvalue weighted by Gasteiger charge is 2.32. The van der Waals surface area contributed by atoms with Gasteiger partial charge in [0.1, 0.15) is 5.75 Å². The molecule has 2 rings (SSSR count). The number of rotatable bonds is 6. The van der Waals surface area contributed by atoms with Crippen molar-refractivity contribution >= 4 is 23.5 Å². The van der Waals surface area contributed by atoms with Crippen LogP contribution in [-0.4, -0.2) is 55.5 Å². The molecule has 1 atom stereocenters. The van der Waals surface area contributed by atoms with E-state index in [2.05, 4.69) is 16.0 Å². The Morgan fingerprint density at radius 3 is 2.60 bits per heavy atom. The normalized spacial score (nSPS) is 17.0. The summed E-state index contributed by atoms with van der Waals surface area (Å²) in [5.74, 6) is 0.131. The number of hydrogen-bond acceptors (Lipinski definition) is 5.